The summed E-state index contributed by atoms with van der Waals surface area (Å²) < 4.78 is 17.3. The number of hydrogen-bond donors (Lipinski definition) is 0. The second-order valence-corrected chi connectivity index (χ2v) is 10.6. The van der Waals surface area contributed by atoms with Gasteiger partial charge in [-0.1, -0.05) is 33.4 Å². The molecule has 0 bridgehead atoms. The van der Waals surface area contributed by atoms with Gasteiger partial charge >= 0.3 is 17.9 Å². The highest BCUT2D eigenvalue weighted by Crippen LogP contribution is 2.62. The van der Waals surface area contributed by atoms with Crippen LogP contribution in [-0.4, -0.2) is 41.5 Å². The minimum Gasteiger partial charge on any atom is -0.462 e. The van der Waals surface area contributed by atoms with E-state index in [0.29, 0.717) is 23.5 Å². The summed E-state index contributed by atoms with van der Waals surface area (Å²) in [5.74, 6) is -2.64. The van der Waals surface area contributed by atoms with Gasteiger partial charge in [0.1, 0.15) is 12.2 Å². The van der Waals surface area contributed by atoms with Crippen LogP contribution in [0.15, 0.2) is 23.8 Å². The van der Waals surface area contributed by atoms with E-state index in [1.807, 2.05) is 13.0 Å². The largest absolute Gasteiger partial charge is 0.462 e. The van der Waals surface area contributed by atoms with Gasteiger partial charge in [0.15, 0.2) is 5.60 Å². The van der Waals surface area contributed by atoms with Gasteiger partial charge in [0.25, 0.3) is 0 Å². The molecule has 0 radical (unpaired) electrons. The fourth-order valence-electron chi connectivity index (χ4n) is 6.22. The molecule has 3 aliphatic rings. The Morgan fingerprint density at radius 1 is 1.06 bits per heavy atom. The molecule has 0 saturated heterocycles. The number of carbonyl (C=O) groups is 4. The van der Waals surface area contributed by atoms with Crippen molar-refractivity contribution in [3.8, 4) is 0 Å². The molecule has 2 saturated carbocycles. The number of Topliss-reactive ketones (excluding diaryl/α,β-unsaturated/α-hetero) is 1. The summed E-state index contributed by atoms with van der Waals surface area (Å²) in [5.41, 5.74) is -0.457. The fraction of sp³-hybridized carbons (Fsp3) is 0.692. The van der Waals surface area contributed by atoms with Crippen LogP contribution in [0.5, 0.6) is 0 Å². The van der Waals surface area contributed by atoms with Gasteiger partial charge in [-0.3, -0.25) is 19.2 Å². The van der Waals surface area contributed by atoms with Gasteiger partial charge < -0.3 is 14.2 Å². The van der Waals surface area contributed by atoms with Crippen LogP contribution in [0.4, 0.5) is 0 Å². The zero-order valence-corrected chi connectivity index (χ0v) is 20.7. The lowest BCUT2D eigenvalue weighted by molar-refractivity contribution is -0.182. The number of ether oxygens (including phenoxy) is 3. The van der Waals surface area contributed by atoms with E-state index in [1.54, 1.807) is 6.92 Å². The molecule has 33 heavy (non-hydrogen) atoms. The van der Waals surface area contributed by atoms with Crippen molar-refractivity contribution in [3.63, 3.8) is 0 Å². The normalized spacial score (nSPS) is 39.2. The summed E-state index contributed by atoms with van der Waals surface area (Å²) in [7, 11) is 0. The van der Waals surface area contributed by atoms with E-state index in [4.69, 9.17) is 14.2 Å². The summed E-state index contributed by atoms with van der Waals surface area (Å²) in [6.45, 7) is 16.0. The minimum absolute atomic E-state index is 0.0369. The first-order valence-corrected chi connectivity index (χ1v) is 11.7. The topological polar surface area (TPSA) is 96.0 Å². The highest BCUT2D eigenvalue weighted by molar-refractivity contribution is 6.03. The van der Waals surface area contributed by atoms with Crippen molar-refractivity contribution in [1.82, 2.24) is 0 Å². The van der Waals surface area contributed by atoms with Gasteiger partial charge in [-0.05, 0) is 54.1 Å². The van der Waals surface area contributed by atoms with E-state index in [-0.39, 0.29) is 29.5 Å². The van der Waals surface area contributed by atoms with Gasteiger partial charge in [-0.15, -0.1) is 0 Å². The predicted octanol–water partition coefficient (Wildman–Crippen LogP) is 3.95. The second-order valence-electron chi connectivity index (χ2n) is 10.6. The van der Waals surface area contributed by atoms with Crippen molar-refractivity contribution in [3.05, 3.63) is 23.8 Å². The number of fused-ring (bicyclic) bond motifs is 2. The van der Waals surface area contributed by atoms with Crippen LogP contribution in [0, 0.1) is 29.1 Å². The first-order valence-electron chi connectivity index (χ1n) is 11.7. The molecule has 7 atom stereocenters. The smallest absolute Gasteiger partial charge is 0.303 e. The molecule has 0 aliphatic heterocycles. The Morgan fingerprint density at radius 2 is 1.67 bits per heavy atom. The van der Waals surface area contributed by atoms with Gasteiger partial charge in [0.05, 0.1) is 5.92 Å². The summed E-state index contributed by atoms with van der Waals surface area (Å²) in [5, 5.41) is 0. The summed E-state index contributed by atoms with van der Waals surface area (Å²) in [6, 6.07) is 0. The second kappa shape index (κ2) is 8.73. The average Bonchev–Trinajstić information content (AvgIpc) is 3.07. The van der Waals surface area contributed by atoms with Crippen LogP contribution in [-0.2, 0) is 33.4 Å². The molecule has 7 heteroatoms. The Kier molecular flexibility index (Phi) is 6.66. The molecule has 2 fully saturated rings. The van der Waals surface area contributed by atoms with Crippen molar-refractivity contribution >= 4 is 23.7 Å². The monoisotopic (exact) mass is 460 g/mol. The highest BCUT2D eigenvalue weighted by atomic mass is 16.6. The molecule has 0 unspecified atom stereocenters. The van der Waals surface area contributed by atoms with Gasteiger partial charge in [0, 0.05) is 27.2 Å². The van der Waals surface area contributed by atoms with Crippen molar-refractivity contribution in [1.29, 1.82) is 0 Å². The Morgan fingerprint density at radius 3 is 2.21 bits per heavy atom. The van der Waals surface area contributed by atoms with Crippen molar-refractivity contribution in [2.24, 2.45) is 29.1 Å². The molecule has 0 spiro atoms. The molecule has 3 aliphatic carbocycles. The molecule has 0 aromatic carbocycles. The van der Waals surface area contributed by atoms with Crippen LogP contribution in [0.1, 0.15) is 67.7 Å². The van der Waals surface area contributed by atoms with E-state index in [9.17, 15) is 19.2 Å². The lowest BCUT2D eigenvalue weighted by Crippen LogP contribution is -2.55. The van der Waals surface area contributed by atoms with E-state index in [0.717, 1.165) is 6.42 Å². The molecule has 0 aromatic heterocycles. The van der Waals surface area contributed by atoms with Crippen LogP contribution >= 0.6 is 0 Å². The molecule has 0 amide bonds. The van der Waals surface area contributed by atoms with Crippen LogP contribution < -0.4 is 0 Å². The highest BCUT2D eigenvalue weighted by Gasteiger charge is 2.65. The molecule has 3 rings (SSSR count). The SMILES string of the molecule is C=C1CC[C@H]2[C@@H](/C=C(\C)C(=O)[C@@]3(OC(C)=O)C[C@@H](C)[C@H](OC(C)=O)[C@@H]3[C@H]1OC(C)=O)C2(C)C. The number of rotatable bonds is 3. The Balaban J connectivity index is 2.23. The summed E-state index contributed by atoms with van der Waals surface area (Å²) in [4.78, 5) is 50.5. The maximum Gasteiger partial charge on any atom is 0.303 e. The molecule has 0 aromatic rings. The Labute approximate surface area is 195 Å². The van der Waals surface area contributed by atoms with Crippen molar-refractivity contribution in [2.75, 3.05) is 0 Å². The third-order valence-corrected chi connectivity index (χ3v) is 7.82. The third-order valence-electron chi connectivity index (χ3n) is 7.82. The van der Waals surface area contributed by atoms with Crippen LogP contribution in [0.2, 0.25) is 0 Å². The van der Waals surface area contributed by atoms with Crippen LogP contribution in [0.25, 0.3) is 0 Å². The predicted molar refractivity (Wildman–Crippen MR) is 121 cm³/mol. The average molecular weight is 461 g/mol. The molecule has 182 valence electrons. The van der Waals surface area contributed by atoms with E-state index in [2.05, 4.69) is 20.4 Å². The first-order chi connectivity index (χ1) is 15.2. The molecule has 0 heterocycles. The summed E-state index contributed by atoms with van der Waals surface area (Å²) >= 11 is 0. The van der Waals surface area contributed by atoms with Crippen molar-refractivity contribution < 1.29 is 33.4 Å². The number of hydrogen-bond acceptors (Lipinski definition) is 7. The molecular weight excluding hydrogens is 424 g/mol. The quantitative estimate of drug-likeness (QED) is 0.357. The fourth-order valence-corrected chi connectivity index (χ4v) is 6.22. The zero-order chi connectivity index (χ0) is 24.9. The van der Waals surface area contributed by atoms with Gasteiger partial charge in [0.2, 0.25) is 5.78 Å². The number of carbonyl (C=O) groups excluding carboxylic acids is 4. The Bertz CT molecular complexity index is 914. The summed E-state index contributed by atoms with van der Waals surface area (Å²) in [6.07, 6.45) is 1.83. The van der Waals surface area contributed by atoms with E-state index >= 15 is 0 Å². The van der Waals surface area contributed by atoms with Gasteiger partial charge in [-0.2, -0.15) is 0 Å². The maximum atomic E-state index is 14.0. The number of ketones is 1. The zero-order valence-electron chi connectivity index (χ0n) is 20.7. The molecular formula is C26H36O7. The minimum atomic E-state index is -1.63. The maximum absolute atomic E-state index is 14.0. The van der Waals surface area contributed by atoms with Crippen LogP contribution in [0.3, 0.4) is 0 Å². The molecule has 0 N–H and O–H groups in total. The van der Waals surface area contributed by atoms with E-state index in [1.165, 1.54) is 20.8 Å². The Hall–Kier alpha value is -2.44. The number of esters is 3. The first kappa shape index (κ1) is 25.2. The number of allylic oxidation sites excluding steroid dienone is 1. The standard InChI is InChI=1S/C26H36O7/c1-13-9-10-19-20(25(19,7)8)11-14(2)24(30)26(33-18(6)29)12-15(3)23(32-17(5)28)21(26)22(13)31-16(4)27/h11,15,19-23H,1,9-10,12H2,2-8H3/b14-11+/t15-,19+,20-,21+,22+,23+,26-/m1/s1. The molecule has 7 nitrogen and oxygen atoms in total. The lowest BCUT2D eigenvalue weighted by atomic mass is 9.76. The van der Waals surface area contributed by atoms with E-state index < -0.39 is 41.6 Å². The van der Waals surface area contributed by atoms with Crippen molar-refractivity contribution in [2.45, 2.75) is 85.5 Å². The third kappa shape index (κ3) is 4.51. The van der Waals surface area contributed by atoms with Gasteiger partial charge in [-0.25, -0.2) is 0 Å². The lowest BCUT2D eigenvalue weighted by Gasteiger charge is -2.39.